The van der Waals surface area contributed by atoms with Crippen molar-refractivity contribution in [2.75, 3.05) is 13.1 Å². The minimum atomic E-state index is -0.355. The van der Waals surface area contributed by atoms with Crippen LogP contribution in [0.4, 0.5) is 0 Å². The number of hydrogen-bond donors (Lipinski definition) is 1. The molecule has 4 heteroatoms. The van der Waals surface area contributed by atoms with Gasteiger partial charge in [0, 0.05) is 13.1 Å². The van der Waals surface area contributed by atoms with E-state index in [0.717, 1.165) is 12.8 Å². The molecule has 1 rings (SSSR count). The van der Waals surface area contributed by atoms with Gasteiger partial charge in [-0.05, 0) is 27.2 Å². The van der Waals surface area contributed by atoms with E-state index in [-0.39, 0.29) is 23.7 Å². The zero-order chi connectivity index (χ0) is 12.3. The smallest absolute Gasteiger partial charge is 0.239 e. The first-order valence-electron chi connectivity index (χ1n) is 6.08. The first-order chi connectivity index (χ1) is 7.35. The number of carbonyl (C=O) groups excluding carboxylic acids is 1. The highest BCUT2D eigenvalue weighted by Crippen LogP contribution is 2.21. The van der Waals surface area contributed by atoms with Gasteiger partial charge in [0.25, 0.3) is 0 Å². The number of amides is 1. The molecule has 1 aliphatic rings. The van der Waals surface area contributed by atoms with E-state index in [1.807, 2.05) is 32.6 Å². The van der Waals surface area contributed by atoms with Crippen LogP contribution in [-0.4, -0.2) is 41.6 Å². The molecule has 0 aromatic heterocycles. The number of rotatable bonds is 3. The van der Waals surface area contributed by atoms with E-state index in [0.29, 0.717) is 13.1 Å². The van der Waals surface area contributed by atoms with Crippen molar-refractivity contribution >= 4 is 5.91 Å². The van der Waals surface area contributed by atoms with Gasteiger partial charge < -0.3 is 15.4 Å². The molecule has 1 aliphatic heterocycles. The highest BCUT2D eigenvalue weighted by Gasteiger charge is 2.34. The zero-order valence-electron chi connectivity index (χ0n) is 10.8. The fourth-order valence-electron chi connectivity index (χ4n) is 2.29. The average Bonchev–Trinajstić information content (AvgIpc) is 2.13. The number of hydrogen-bond acceptors (Lipinski definition) is 3. The Hall–Kier alpha value is -0.610. The van der Waals surface area contributed by atoms with Gasteiger partial charge in [-0.3, -0.25) is 4.79 Å². The van der Waals surface area contributed by atoms with E-state index < -0.39 is 0 Å². The molecular weight excluding hydrogens is 204 g/mol. The van der Waals surface area contributed by atoms with Gasteiger partial charge in [-0.2, -0.15) is 0 Å². The van der Waals surface area contributed by atoms with Crippen LogP contribution in [-0.2, 0) is 9.53 Å². The van der Waals surface area contributed by atoms with Crippen molar-refractivity contribution in [3.8, 4) is 0 Å². The molecule has 1 unspecified atom stereocenters. The maximum atomic E-state index is 12.1. The lowest BCUT2D eigenvalue weighted by Gasteiger charge is -2.42. The van der Waals surface area contributed by atoms with Gasteiger partial charge in [-0.15, -0.1) is 0 Å². The number of nitrogens with zero attached hydrogens (tertiary/aromatic N) is 1. The van der Waals surface area contributed by atoms with Crippen LogP contribution in [0.2, 0.25) is 0 Å². The average molecular weight is 228 g/mol. The highest BCUT2D eigenvalue weighted by molar-refractivity contribution is 5.81. The molecule has 1 heterocycles. The van der Waals surface area contributed by atoms with Crippen LogP contribution < -0.4 is 5.73 Å². The summed E-state index contributed by atoms with van der Waals surface area (Å²) < 4.78 is 5.76. The summed E-state index contributed by atoms with van der Waals surface area (Å²) in [5.74, 6) is 0.0603. The molecule has 2 N–H and O–H groups in total. The summed E-state index contributed by atoms with van der Waals surface area (Å²) in [6, 6.07) is -0.355. The molecule has 2 atom stereocenters. The van der Waals surface area contributed by atoms with Crippen molar-refractivity contribution in [3.63, 3.8) is 0 Å². The zero-order valence-corrected chi connectivity index (χ0v) is 10.8. The predicted molar refractivity (Wildman–Crippen MR) is 64.1 cm³/mol. The minimum absolute atomic E-state index is 0.0603. The summed E-state index contributed by atoms with van der Waals surface area (Å²) in [5.41, 5.74) is 5.60. The molecule has 0 radical (unpaired) electrons. The van der Waals surface area contributed by atoms with E-state index >= 15 is 0 Å². The Morgan fingerprint density at radius 1 is 1.62 bits per heavy atom. The van der Waals surface area contributed by atoms with E-state index in [4.69, 9.17) is 10.5 Å². The third-order valence-electron chi connectivity index (χ3n) is 2.80. The molecule has 1 fully saturated rings. The van der Waals surface area contributed by atoms with Gasteiger partial charge in [0.2, 0.25) is 5.91 Å². The largest absolute Gasteiger partial charge is 0.369 e. The van der Waals surface area contributed by atoms with Crippen molar-refractivity contribution < 1.29 is 9.53 Å². The third-order valence-corrected chi connectivity index (χ3v) is 2.80. The molecule has 1 saturated heterocycles. The Kier molecular flexibility index (Phi) is 4.33. The number of ether oxygens (including phenoxy) is 1. The Labute approximate surface area is 98.1 Å². The molecule has 0 bridgehead atoms. The van der Waals surface area contributed by atoms with Crippen molar-refractivity contribution in [1.82, 2.24) is 4.90 Å². The topological polar surface area (TPSA) is 55.6 Å². The second-order valence-corrected chi connectivity index (χ2v) is 5.30. The Bertz CT molecular complexity index is 253. The first kappa shape index (κ1) is 13.5. The van der Waals surface area contributed by atoms with Gasteiger partial charge in [-0.25, -0.2) is 0 Å². The molecule has 0 spiro atoms. The van der Waals surface area contributed by atoms with Crippen LogP contribution in [0.15, 0.2) is 0 Å². The van der Waals surface area contributed by atoms with Crippen LogP contribution in [0.3, 0.4) is 0 Å². The number of nitrogens with two attached hydrogens (primary N) is 1. The van der Waals surface area contributed by atoms with Crippen LogP contribution in [0.25, 0.3) is 0 Å². The van der Waals surface area contributed by atoms with Gasteiger partial charge in [0.15, 0.2) is 0 Å². The van der Waals surface area contributed by atoms with Crippen LogP contribution >= 0.6 is 0 Å². The molecule has 94 valence electrons. The van der Waals surface area contributed by atoms with Crippen molar-refractivity contribution in [1.29, 1.82) is 0 Å². The molecule has 0 aromatic rings. The van der Waals surface area contributed by atoms with Crippen molar-refractivity contribution in [2.45, 2.75) is 58.3 Å². The summed E-state index contributed by atoms with van der Waals surface area (Å²) >= 11 is 0. The lowest BCUT2D eigenvalue weighted by molar-refractivity contribution is -0.159. The van der Waals surface area contributed by atoms with E-state index in [1.165, 1.54) is 0 Å². The van der Waals surface area contributed by atoms with Crippen LogP contribution in [0.5, 0.6) is 0 Å². The van der Waals surface area contributed by atoms with Gasteiger partial charge in [0.05, 0.1) is 17.7 Å². The number of morpholine rings is 1. The standard InChI is InChI=1S/C12H24N2O2/c1-5-6-10(13)11(15)14-7-9(2)16-12(3,4)8-14/h9-10H,5-8,13H2,1-4H3/t9?,10-/m0/s1. The third kappa shape index (κ3) is 3.46. The Morgan fingerprint density at radius 3 is 2.75 bits per heavy atom. The summed E-state index contributed by atoms with van der Waals surface area (Å²) in [7, 11) is 0. The molecule has 16 heavy (non-hydrogen) atoms. The van der Waals surface area contributed by atoms with Crippen molar-refractivity contribution in [2.24, 2.45) is 5.73 Å². The quantitative estimate of drug-likeness (QED) is 0.788. The monoisotopic (exact) mass is 228 g/mol. The summed E-state index contributed by atoms with van der Waals surface area (Å²) in [4.78, 5) is 13.9. The maximum absolute atomic E-state index is 12.1. The predicted octanol–water partition coefficient (Wildman–Crippen LogP) is 1.14. The minimum Gasteiger partial charge on any atom is -0.369 e. The summed E-state index contributed by atoms with van der Waals surface area (Å²) in [6.45, 7) is 9.33. The second-order valence-electron chi connectivity index (χ2n) is 5.30. The first-order valence-corrected chi connectivity index (χ1v) is 6.08. The van der Waals surface area contributed by atoms with E-state index in [1.54, 1.807) is 0 Å². The lowest BCUT2D eigenvalue weighted by atomic mass is 10.0. The molecule has 1 amide bonds. The summed E-state index contributed by atoms with van der Waals surface area (Å²) in [6.07, 6.45) is 1.78. The highest BCUT2D eigenvalue weighted by atomic mass is 16.5. The molecule has 0 saturated carbocycles. The maximum Gasteiger partial charge on any atom is 0.239 e. The van der Waals surface area contributed by atoms with Crippen molar-refractivity contribution in [3.05, 3.63) is 0 Å². The second kappa shape index (κ2) is 5.15. The molecule has 0 aliphatic carbocycles. The number of carbonyl (C=O) groups is 1. The van der Waals surface area contributed by atoms with Crippen LogP contribution in [0.1, 0.15) is 40.5 Å². The fraction of sp³-hybridized carbons (Fsp3) is 0.917. The normalized spacial score (nSPS) is 26.6. The Balaban J connectivity index is 2.62. The lowest BCUT2D eigenvalue weighted by Crippen LogP contribution is -2.57. The van der Waals surface area contributed by atoms with Crippen LogP contribution in [0, 0.1) is 0 Å². The Morgan fingerprint density at radius 2 is 2.25 bits per heavy atom. The fourth-order valence-corrected chi connectivity index (χ4v) is 2.29. The van der Waals surface area contributed by atoms with E-state index in [9.17, 15) is 4.79 Å². The molecule has 4 nitrogen and oxygen atoms in total. The summed E-state index contributed by atoms with van der Waals surface area (Å²) in [5, 5.41) is 0. The molecule has 0 aromatic carbocycles. The molecular formula is C12H24N2O2. The van der Waals surface area contributed by atoms with Gasteiger partial charge in [-0.1, -0.05) is 13.3 Å². The van der Waals surface area contributed by atoms with E-state index in [2.05, 4.69) is 0 Å². The SMILES string of the molecule is CCC[C@H](N)C(=O)N1CC(C)OC(C)(C)C1. The van der Waals surface area contributed by atoms with Gasteiger partial charge in [0.1, 0.15) is 0 Å². The van der Waals surface area contributed by atoms with Gasteiger partial charge >= 0.3 is 0 Å².